The minimum atomic E-state index is -3.27. The van der Waals surface area contributed by atoms with E-state index in [1.165, 1.54) is 25.0 Å². The number of fused-ring (bicyclic) bond motifs is 1. The van der Waals surface area contributed by atoms with Gasteiger partial charge in [0.1, 0.15) is 29.6 Å². The molecule has 0 aromatic heterocycles. The van der Waals surface area contributed by atoms with Crippen molar-refractivity contribution in [3.8, 4) is 11.5 Å². The molecule has 192 valence electrons. The number of para-hydroxylation sites is 1. The molecule has 2 atom stereocenters. The van der Waals surface area contributed by atoms with E-state index in [1.807, 2.05) is 54.6 Å². The largest absolute Gasteiger partial charge is 0.490 e. The number of rotatable bonds is 10. The number of halogens is 2. The van der Waals surface area contributed by atoms with Crippen LogP contribution in [0.2, 0.25) is 0 Å². The van der Waals surface area contributed by atoms with Gasteiger partial charge in [-0.3, -0.25) is 0 Å². The van der Waals surface area contributed by atoms with Crippen LogP contribution in [0.1, 0.15) is 32.1 Å². The molecule has 3 aromatic carbocycles. The molecule has 0 aliphatic heterocycles. The molecule has 4 nitrogen and oxygen atoms in total. The summed E-state index contributed by atoms with van der Waals surface area (Å²) in [6.45, 7) is 0. The van der Waals surface area contributed by atoms with Gasteiger partial charge in [0.05, 0.1) is 6.10 Å². The van der Waals surface area contributed by atoms with Gasteiger partial charge in [0.15, 0.2) is 0 Å². The third-order valence-electron chi connectivity index (χ3n) is 6.78. The minimum Gasteiger partial charge on any atom is -0.490 e. The molecule has 1 saturated carbocycles. The second-order valence-corrected chi connectivity index (χ2v) is 10.3. The number of carbonyl (C=O) groups excluding carboxylic acids is 1. The van der Waals surface area contributed by atoms with E-state index in [2.05, 4.69) is 4.72 Å². The Balaban J connectivity index is 1.19. The monoisotopic (exact) mass is 521 g/mol. The van der Waals surface area contributed by atoms with Crippen LogP contribution in [-0.2, 0) is 4.79 Å². The molecule has 0 amide bonds. The molecule has 5 rings (SSSR count). The average molecular weight is 522 g/mol. The fraction of sp³-hybridized carbons (Fsp3) is 0.300. The SMILES string of the molecule is O=CC(NSc1ccc2cc(OC3CCCC3)ccc2c1)C(F)(F)C1C=CC(Oc2ccccc2)=CC1. The van der Waals surface area contributed by atoms with Gasteiger partial charge in [-0.05, 0) is 103 Å². The maximum Gasteiger partial charge on any atom is 0.277 e. The van der Waals surface area contributed by atoms with Crippen molar-refractivity contribution in [3.05, 3.63) is 90.7 Å². The van der Waals surface area contributed by atoms with Crippen molar-refractivity contribution < 1.29 is 23.0 Å². The lowest BCUT2D eigenvalue weighted by molar-refractivity contribution is -0.122. The zero-order chi connectivity index (χ0) is 25.7. The fourth-order valence-corrected chi connectivity index (χ4v) is 5.48. The van der Waals surface area contributed by atoms with Gasteiger partial charge in [0.2, 0.25) is 0 Å². The number of ether oxygens (including phenoxy) is 2. The molecule has 0 spiro atoms. The van der Waals surface area contributed by atoms with Crippen LogP contribution in [0.4, 0.5) is 8.78 Å². The number of nitrogens with one attached hydrogen (secondary N) is 1. The molecule has 1 N–H and O–H groups in total. The number of allylic oxidation sites excluding steroid dienone is 3. The quantitative estimate of drug-likeness (QED) is 0.221. The van der Waals surface area contributed by atoms with Gasteiger partial charge in [0.25, 0.3) is 5.92 Å². The molecule has 0 bridgehead atoms. The third kappa shape index (κ3) is 6.22. The molecule has 2 aliphatic rings. The first-order valence-corrected chi connectivity index (χ1v) is 13.4. The van der Waals surface area contributed by atoms with Crippen molar-refractivity contribution >= 4 is 29.0 Å². The Morgan fingerprint density at radius 1 is 0.973 bits per heavy atom. The summed E-state index contributed by atoms with van der Waals surface area (Å²) in [7, 11) is 0. The highest BCUT2D eigenvalue weighted by atomic mass is 32.2. The third-order valence-corrected chi connectivity index (χ3v) is 7.64. The Labute approximate surface area is 219 Å². The lowest BCUT2D eigenvalue weighted by Gasteiger charge is -2.30. The molecule has 1 fully saturated rings. The van der Waals surface area contributed by atoms with E-state index in [4.69, 9.17) is 9.47 Å². The molecule has 0 radical (unpaired) electrons. The molecule has 3 aromatic rings. The van der Waals surface area contributed by atoms with Gasteiger partial charge in [-0.25, -0.2) is 13.5 Å². The van der Waals surface area contributed by atoms with Gasteiger partial charge in [-0.15, -0.1) is 0 Å². The zero-order valence-corrected chi connectivity index (χ0v) is 21.1. The van der Waals surface area contributed by atoms with Crippen molar-refractivity contribution in [1.82, 2.24) is 4.72 Å². The fourth-order valence-electron chi connectivity index (χ4n) is 4.68. The summed E-state index contributed by atoms with van der Waals surface area (Å²) in [5.74, 6) is -2.39. The van der Waals surface area contributed by atoms with Crippen LogP contribution in [0.15, 0.2) is 95.6 Å². The molecular formula is C30H29F2NO3S. The van der Waals surface area contributed by atoms with Crippen LogP contribution in [0.25, 0.3) is 10.8 Å². The summed E-state index contributed by atoms with van der Waals surface area (Å²) in [6.07, 6.45) is 9.85. The molecule has 2 unspecified atom stereocenters. The van der Waals surface area contributed by atoms with Gasteiger partial charge < -0.3 is 14.3 Å². The van der Waals surface area contributed by atoms with Crippen molar-refractivity contribution in [3.63, 3.8) is 0 Å². The summed E-state index contributed by atoms with van der Waals surface area (Å²) in [6, 6.07) is 19.2. The number of hydrogen-bond donors (Lipinski definition) is 1. The predicted molar refractivity (Wildman–Crippen MR) is 143 cm³/mol. The zero-order valence-electron chi connectivity index (χ0n) is 20.3. The first-order chi connectivity index (χ1) is 18.0. The van der Waals surface area contributed by atoms with Crippen molar-refractivity contribution in [2.75, 3.05) is 0 Å². The smallest absolute Gasteiger partial charge is 0.277 e. The lowest BCUT2D eigenvalue weighted by Crippen LogP contribution is -2.48. The van der Waals surface area contributed by atoms with Crippen LogP contribution >= 0.6 is 11.9 Å². The van der Waals surface area contributed by atoms with Crippen molar-refractivity contribution in [1.29, 1.82) is 0 Å². The van der Waals surface area contributed by atoms with E-state index in [9.17, 15) is 4.79 Å². The summed E-state index contributed by atoms with van der Waals surface area (Å²) in [5.41, 5.74) is 0. The number of carbonyl (C=O) groups is 1. The number of aldehydes is 1. The van der Waals surface area contributed by atoms with Gasteiger partial charge in [0, 0.05) is 10.8 Å². The molecule has 0 saturated heterocycles. The highest BCUT2D eigenvalue weighted by Crippen LogP contribution is 2.36. The van der Waals surface area contributed by atoms with Crippen LogP contribution < -0.4 is 14.2 Å². The van der Waals surface area contributed by atoms with Gasteiger partial charge >= 0.3 is 0 Å². The van der Waals surface area contributed by atoms with Gasteiger partial charge in [-0.2, -0.15) is 0 Å². The number of hydrogen-bond acceptors (Lipinski definition) is 5. The van der Waals surface area contributed by atoms with Crippen molar-refractivity contribution in [2.45, 2.75) is 55.1 Å². The van der Waals surface area contributed by atoms with Crippen molar-refractivity contribution in [2.24, 2.45) is 5.92 Å². The second kappa shape index (κ2) is 11.5. The van der Waals surface area contributed by atoms with Crippen LogP contribution in [-0.4, -0.2) is 24.4 Å². The molecule has 0 heterocycles. The average Bonchev–Trinajstić information content (AvgIpc) is 3.43. The van der Waals surface area contributed by atoms with E-state index in [1.54, 1.807) is 18.2 Å². The summed E-state index contributed by atoms with van der Waals surface area (Å²) < 4.78 is 45.0. The summed E-state index contributed by atoms with van der Waals surface area (Å²) in [5, 5.41) is 2.00. The highest BCUT2D eigenvalue weighted by molar-refractivity contribution is 7.97. The second-order valence-electron chi connectivity index (χ2n) is 9.43. The molecule has 2 aliphatic carbocycles. The summed E-state index contributed by atoms with van der Waals surface area (Å²) >= 11 is 1.03. The van der Waals surface area contributed by atoms with E-state index in [0.29, 0.717) is 11.5 Å². The highest BCUT2D eigenvalue weighted by Gasteiger charge is 2.46. The first kappa shape index (κ1) is 25.5. The standard InChI is InChI=1S/C30H29F2NO3S/c31-30(32,23-12-15-26(16-13-23)35-24-6-2-1-3-7-24)29(20-34)33-37-28-17-11-21-18-27(14-10-22(21)19-28)36-25-8-4-5-9-25/h1-3,6-7,10-12,14-20,23,25,29,33H,4-5,8-9,13H2. The Kier molecular flexibility index (Phi) is 7.91. The number of alkyl halides is 2. The van der Waals surface area contributed by atoms with Gasteiger partial charge in [-0.1, -0.05) is 36.4 Å². The molecule has 7 heteroatoms. The van der Waals surface area contributed by atoms with Crippen LogP contribution in [0.5, 0.6) is 11.5 Å². The maximum absolute atomic E-state index is 15.3. The Morgan fingerprint density at radius 2 is 1.73 bits per heavy atom. The van der Waals surface area contributed by atoms with E-state index in [-0.39, 0.29) is 18.8 Å². The van der Waals surface area contributed by atoms with E-state index < -0.39 is 17.9 Å². The lowest BCUT2D eigenvalue weighted by atomic mass is 9.89. The Morgan fingerprint density at radius 3 is 2.46 bits per heavy atom. The molecule has 37 heavy (non-hydrogen) atoms. The van der Waals surface area contributed by atoms with E-state index >= 15 is 8.78 Å². The number of benzene rings is 3. The van der Waals surface area contributed by atoms with E-state index in [0.717, 1.165) is 46.2 Å². The maximum atomic E-state index is 15.3. The first-order valence-electron chi connectivity index (χ1n) is 12.6. The topological polar surface area (TPSA) is 47.6 Å². The summed E-state index contributed by atoms with van der Waals surface area (Å²) in [4.78, 5) is 12.4. The normalized spacial score (nSPS) is 19.0. The van der Waals surface area contributed by atoms with Crippen LogP contribution in [0, 0.1) is 5.92 Å². The predicted octanol–water partition coefficient (Wildman–Crippen LogP) is 7.50. The minimum absolute atomic E-state index is 0.0730. The van der Waals surface area contributed by atoms with Crippen LogP contribution in [0.3, 0.4) is 0 Å². The molecular weight excluding hydrogens is 492 g/mol. The Hall–Kier alpha value is -3.16. The Bertz CT molecular complexity index is 1290.